The van der Waals surface area contributed by atoms with Crippen LogP contribution in [0.1, 0.15) is 0 Å². The van der Waals surface area contributed by atoms with E-state index in [-0.39, 0.29) is 0 Å². The van der Waals surface area contributed by atoms with E-state index in [1.165, 1.54) is 0 Å². The van der Waals surface area contributed by atoms with Crippen molar-refractivity contribution < 1.29 is 0 Å². The Bertz CT molecular complexity index is 1000. The van der Waals surface area contributed by atoms with Gasteiger partial charge in [-0.05, 0) is 16.7 Å². The average molecular weight is 355 g/mol. The molecule has 0 spiro atoms. The second kappa shape index (κ2) is 7.07. The summed E-state index contributed by atoms with van der Waals surface area (Å²) in [7, 11) is -2.56. The highest BCUT2D eigenvalue weighted by Crippen LogP contribution is 2.45. The summed E-state index contributed by atoms with van der Waals surface area (Å²) >= 11 is 0. The third-order valence-corrected chi connectivity index (χ3v) is 7.62. The lowest BCUT2D eigenvalue weighted by Crippen LogP contribution is -2.26. The van der Waals surface area contributed by atoms with Crippen LogP contribution in [0.25, 0.3) is 11.4 Å². The Kier molecular flexibility index (Phi) is 4.47. The minimum absolute atomic E-state index is 0.659. The van der Waals surface area contributed by atoms with Gasteiger partial charge in [0, 0.05) is 23.3 Å². The second-order valence-electron chi connectivity index (χ2n) is 5.93. The molecule has 3 nitrogen and oxygen atoms in total. The largest absolute Gasteiger partial charge is 0.305 e. The van der Waals surface area contributed by atoms with Crippen molar-refractivity contribution in [3.8, 4) is 11.4 Å². The van der Waals surface area contributed by atoms with Gasteiger partial charge in [0.1, 0.15) is 0 Å². The van der Waals surface area contributed by atoms with E-state index in [0.29, 0.717) is 5.82 Å². The van der Waals surface area contributed by atoms with E-state index in [4.69, 9.17) is 0 Å². The van der Waals surface area contributed by atoms with E-state index < -0.39 is 7.05 Å². The molecule has 0 radical (unpaired) electrons. The zero-order valence-corrected chi connectivity index (χ0v) is 15.1. The molecule has 4 heteroatoms. The van der Waals surface area contributed by atoms with Gasteiger partial charge in [-0.3, -0.25) is 0 Å². The highest BCUT2D eigenvalue weighted by atomic mass is 31.2. The van der Waals surface area contributed by atoms with Gasteiger partial charge in [0.15, 0.2) is 5.82 Å². The third kappa shape index (κ3) is 2.87. The van der Waals surface area contributed by atoms with Gasteiger partial charge in [0.2, 0.25) is 0 Å². The zero-order valence-electron chi connectivity index (χ0n) is 14.2. The van der Waals surface area contributed by atoms with Crippen LogP contribution in [0, 0.1) is 5.16 Å². The van der Waals surface area contributed by atoms with Crippen molar-refractivity contribution in [3.63, 3.8) is 0 Å². The van der Waals surface area contributed by atoms with Gasteiger partial charge in [-0.25, -0.2) is 9.97 Å². The van der Waals surface area contributed by atoms with Crippen molar-refractivity contribution in [2.45, 2.75) is 0 Å². The Hall–Kier alpha value is -3.03. The fourth-order valence-corrected chi connectivity index (χ4v) is 6.06. The molecule has 126 valence electrons. The maximum absolute atomic E-state index is 9.69. The van der Waals surface area contributed by atoms with E-state index in [2.05, 4.69) is 34.2 Å². The highest BCUT2D eigenvalue weighted by molar-refractivity contribution is 7.86. The lowest BCUT2D eigenvalue weighted by molar-refractivity contribution is 1.18. The number of nitrogens with one attached hydrogen (secondary N) is 1. The molecule has 0 bridgehead atoms. The monoisotopic (exact) mass is 355 g/mol. The van der Waals surface area contributed by atoms with Gasteiger partial charge in [0.25, 0.3) is 0 Å². The van der Waals surface area contributed by atoms with Gasteiger partial charge in [-0.2, -0.15) is 0 Å². The minimum Gasteiger partial charge on any atom is -0.305 e. The van der Waals surface area contributed by atoms with E-state index in [9.17, 15) is 5.16 Å². The molecule has 0 unspecified atom stereocenters. The van der Waals surface area contributed by atoms with Crippen molar-refractivity contribution in [3.05, 3.63) is 103 Å². The first-order chi connectivity index (χ1) is 12.8. The van der Waals surface area contributed by atoms with E-state index >= 15 is 0 Å². The normalized spacial score (nSPS) is 11.2. The molecule has 0 saturated carbocycles. The van der Waals surface area contributed by atoms with Gasteiger partial charge in [0.05, 0.1) is 7.05 Å². The molecule has 0 aliphatic heterocycles. The molecule has 3 aromatic carbocycles. The quantitative estimate of drug-likeness (QED) is 0.558. The first-order valence-electron chi connectivity index (χ1n) is 8.42. The van der Waals surface area contributed by atoms with Gasteiger partial charge in [-0.15, -0.1) is 0 Å². The molecule has 4 rings (SSSR count). The molecule has 1 heterocycles. The molecule has 0 aliphatic rings. The predicted molar refractivity (Wildman–Crippen MR) is 109 cm³/mol. The van der Waals surface area contributed by atoms with Gasteiger partial charge < -0.3 is 5.16 Å². The summed E-state index contributed by atoms with van der Waals surface area (Å²) < 4.78 is 0. The van der Waals surface area contributed by atoms with Crippen molar-refractivity contribution in [2.75, 3.05) is 0 Å². The minimum atomic E-state index is -2.56. The summed E-state index contributed by atoms with van der Waals surface area (Å²) in [6.07, 6.45) is 3.49. The standard InChI is InChI=1S/C22H18N3P/c23-26(18-10-3-1-4-11-18,19-12-5-2-6-13-19)21-15-8-7-14-20(21)22-24-16-9-17-25-22/h1-17,23H. The molecular formula is C22H18N3P. The maximum Gasteiger partial charge on any atom is 0.159 e. The number of nitrogens with zero attached hydrogens (tertiary/aromatic N) is 2. The fourth-order valence-electron chi connectivity index (χ4n) is 3.12. The highest BCUT2D eigenvalue weighted by Gasteiger charge is 2.27. The lowest BCUT2D eigenvalue weighted by atomic mass is 10.2. The van der Waals surface area contributed by atoms with Crippen LogP contribution in [0.2, 0.25) is 0 Å². The van der Waals surface area contributed by atoms with Crippen LogP contribution in [0.3, 0.4) is 0 Å². The number of rotatable bonds is 4. The molecule has 26 heavy (non-hydrogen) atoms. The number of aromatic nitrogens is 2. The lowest BCUT2D eigenvalue weighted by Gasteiger charge is -2.26. The third-order valence-electron chi connectivity index (χ3n) is 4.36. The SMILES string of the molecule is N=P(c1ccccc1)(c1ccccc1)c1ccccc1-c1ncccn1. The first kappa shape index (κ1) is 16.4. The Labute approximate surface area is 153 Å². The Morgan fingerprint density at radius 2 is 1.08 bits per heavy atom. The Morgan fingerprint density at radius 3 is 1.65 bits per heavy atom. The fraction of sp³-hybridized carbons (Fsp3) is 0. The summed E-state index contributed by atoms with van der Waals surface area (Å²) in [5.74, 6) is 0.659. The number of benzene rings is 3. The number of hydrogen-bond acceptors (Lipinski definition) is 3. The van der Waals surface area contributed by atoms with E-state index in [1.807, 2.05) is 66.7 Å². The molecular weight excluding hydrogens is 337 g/mol. The van der Waals surface area contributed by atoms with Gasteiger partial charge >= 0.3 is 0 Å². The topological polar surface area (TPSA) is 49.6 Å². The Balaban J connectivity index is 2.03. The smallest absolute Gasteiger partial charge is 0.159 e. The summed E-state index contributed by atoms with van der Waals surface area (Å²) in [6.45, 7) is 0. The zero-order chi connectivity index (χ0) is 17.8. The van der Waals surface area contributed by atoms with Crippen LogP contribution < -0.4 is 15.9 Å². The molecule has 0 atom stereocenters. The van der Waals surface area contributed by atoms with Gasteiger partial charge in [-0.1, -0.05) is 84.9 Å². The van der Waals surface area contributed by atoms with Crippen molar-refractivity contribution in [1.82, 2.24) is 9.97 Å². The summed E-state index contributed by atoms with van der Waals surface area (Å²) in [5, 5.41) is 12.7. The average Bonchev–Trinajstić information content (AvgIpc) is 2.75. The van der Waals surface area contributed by atoms with Crippen LogP contribution in [0.15, 0.2) is 103 Å². The maximum atomic E-state index is 9.69. The molecule has 4 aromatic rings. The van der Waals surface area contributed by atoms with Crippen LogP contribution in [0.4, 0.5) is 0 Å². The summed E-state index contributed by atoms with van der Waals surface area (Å²) in [5.41, 5.74) is 0.920. The molecule has 0 amide bonds. The molecule has 1 N–H and O–H groups in total. The molecule has 0 fully saturated rings. The predicted octanol–water partition coefficient (Wildman–Crippen LogP) is 4.20. The first-order valence-corrected chi connectivity index (χ1v) is 10.2. The Morgan fingerprint density at radius 1 is 0.577 bits per heavy atom. The van der Waals surface area contributed by atoms with E-state index in [1.54, 1.807) is 12.4 Å². The summed E-state index contributed by atoms with van der Waals surface area (Å²) in [4.78, 5) is 8.87. The van der Waals surface area contributed by atoms with Crippen LogP contribution >= 0.6 is 7.05 Å². The molecule has 1 aromatic heterocycles. The molecule has 0 aliphatic carbocycles. The van der Waals surface area contributed by atoms with Crippen molar-refractivity contribution in [2.24, 2.45) is 0 Å². The summed E-state index contributed by atoms with van der Waals surface area (Å²) in [6, 6.07) is 30.1. The van der Waals surface area contributed by atoms with Crippen molar-refractivity contribution in [1.29, 1.82) is 5.16 Å². The number of hydrogen-bond donors (Lipinski definition) is 1. The van der Waals surface area contributed by atoms with Crippen LogP contribution in [-0.4, -0.2) is 9.97 Å². The van der Waals surface area contributed by atoms with E-state index in [0.717, 1.165) is 21.5 Å². The second-order valence-corrected chi connectivity index (χ2v) is 8.79. The van der Waals surface area contributed by atoms with Crippen LogP contribution in [-0.2, 0) is 0 Å². The molecule has 0 saturated heterocycles. The van der Waals surface area contributed by atoms with Crippen LogP contribution in [0.5, 0.6) is 0 Å². The van der Waals surface area contributed by atoms with Crippen molar-refractivity contribution >= 4 is 23.0 Å².